The van der Waals surface area contributed by atoms with Gasteiger partial charge in [0.25, 0.3) is 0 Å². The van der Waals surface area contributed by atoms with Crippen LogP contribution >= 0.6 is 0 Å². The number of esters is 1. The molecule has 242 valence electrons. The van der Waals surface area contributed by atoms with Crippen molar-refractivity contribution in [1.29, 1.82) is 0 Å². The molecular formula is C36H43N5O5. The Bertz CT molecular complexity index is 1680. The van der Waals surface area contributed by atoms with Gasteiger partial charge in [0.2, 0.25) is 11.8 Å². The molecule has 0 spiro atoms. The van der Waals surface area contributed by atoms with Gasteiger partial charge >= 0.3 is 5.97 Å². The van der Waals surface area contributed by atoms with Crippen molar-refractivity contribution in [2.24, 2.45) is 11.5 Å². The molecule has 3 aromatic carbocycles. The molecule has 0 fully saturated rings. The molecule has 0 aliphatic rings. The lowest BCUT2D eigenvalue weighted by Crippen LogP contribution is -2.47. The number of hydrogen-bond acceptors (Lipinski definition) is 7. The molecular weight excluding hydrogens is 582 g/mol. The molecule has 1 unspecified atom stereocenters. The maximum atomic E-state index is 14.2. The van der Waals surface area contributed by atoms with Gasteiger partial charge in [0, 0.05) is 23.9 Å². The summed E-state index contributed by atoms with van der Waals surface area (Å²) in [6, 6.07) is 17.5. The first-order chi connectivity index (χ1) is 21.9. The second kappa shape index (κ2) is 14.9. The first-order valence-corrected chi connectivity index (χ1v) is 15.4. The van der Waals surface area contributed by atoms with Crippen LogP contribution in [-0.4, -0.2) is 51.5 Å². The van der Waals surface area contributed by atoms with Gasteiger partial charge in [-0.1, -0.05) is 43.3 Å². The Kier molecular flexibility index (Phi) is 11.0. The van der Waals surface area contributed by atoms with Gasteiger partial charge in [-0.15, -0.1) is 0 Å². The third-order valence-corrected chi connectivity index (χ3v) is 8.28. The van der Waals surface area contributed by atoms with E-state index in [1.54, 1.807) is 35.5 Å². The van der Waals surface area contributed by atoms with E-state index in [4.69, 9.17) is 20.9 Å². The number of benzene rings is 3. The van der Waals surface area contributed by atoms with Crippen LogP contribution in [0, 0.1) is 13.8 Å². The fraction of sp³-hybridized carbons (Fsp3) is 0.333. The topological polar surface area (TPSA) is 143 Å². The number of nitrogens with zero attached hydrogens (tertiary/aromatic N) is 3. The molecule has 4 N–H and O–H groups in total. The molecule has 2 amide bonds. The van der Waals surface area contributed by atoms with Gasteiger partial charge in [-0.3, -0.25) is 9.59 Å². The summed E-state index contributed by atoms with van der Waals surface area (Å²) in [4.78, 5) is 45.3. The van der Waals surface area contributed by atoms with Gasteiger partial charge < -0.3 is 30.4 Å². The van der Waals surface area contributed by atoms with Crippen LogP contribution in [-0.2, 0) is 22.5 Å². The van der Waals surface area contributed by atoms with Crippen molar-refractivity contribution in [3.63, 3.8) is 0 Å². The van der Waals surface area contributed by atoms with Gasteiger partial charge in [-0.25, -0.2) is 9.78 Å². The number of ether oxygens (including phenoxy) is 2. The Morgan fingerprint density at radius 1 is 1.00 bits per heavy atom. The predicted molar refractivity (Wildman–Crippen MR) is 177 cm³/mol. The van der Waals surface area contributed by atoms with E-state index in [-0.39, 0.29) is 30.5 Å². The molecule has 0 bridgehead atoms. The Morgan fingerprint density at radius 3 is 2.28 bits per heavy atom. The van der Waals surface area contributed by atoms with E-state index in [9.17, 15) is 14.4 Å². The first-order valence-electron chi connectivity index (χ1n) is 15.4. The van der Waals surface area contributed by atoms with E-state index in [0.29, 0.717) is 23.3 Å². The average molecular weight is 626 g/mol. The molecule has 0 radical (unpaired) electrons. The zero-order valence-corrected chi connectivity index (χ0v) is 27.3. The normalized spacial score (nSPS) is 13.0. The molecule has 3 atom stereocenters. The molecule has 0 saturated heterocycles. The number of amides is 2. The van der Waals surface area contributed by atoms with Crippen LogP contribution in [0.3, 0.4) is 0 Å². The summed E-state index contributed by atoms with van der Waals surface area (Å²) in [6.07, 6.45) is 3.77. The summed E-state index contributed by atoms with van der Waals surface area (Å²) in [6.45, 7) is 9.58. The van der Waals surface area contributed by atoms with Crippen molar-refractivity contribution in [1.82, 2.24) is 14.5 Å². The second-order valence-corrected chi connectivity index (χ2v) is 11.6. The number of methoxy groups -OCH3 is 1. The standard InChI is InChI=1S/C36H43N5O5/c1-7-24(4)46-36(44)30-17-26(13-14-33(30)45-6)19-41(25(5)40-20-32(39-21-40)27-11-9-8-10-12-27)35(43)31(37)18-29-22(2)15-28(34(38)42)16-23(29)3/h8-17,20-21,24-25,31H,7,18-19,37H2,1-6H3,(H2,38,42)/t24?,25-,31-/m0/s1. The highest BCUT2D eigenvalue weighted by molar-refractivity contribution is 5.94. The average Bonchev–Trinajstić information content (AvgIpc) is 3.55. The predicted octanol–water partition coefficient (Wildman–Crippen LogP) is 5.35. The maximum Gasteiger partial charge on any atom is 0.342 e. The maximum absolute atomic E-state index is 14.2. The number of rotatable bonds is 13. The van der Waals surface area contributed by atoms with Crippen LogP contribution in [0.2, 0.25) is 0 Å². The summed E-state index contributed by atoms with van der Waals surface area (Å²) in [5.41, 5.74) is 17.8. The lowest BCUT2D eigenvalue weighted by molar-refractivity contribution is -0.137. The van der Waals surface area contributed by atoms with Crippen LogP contribution in [0.5, 0.6) is 5.75 Å². The first kappa shape index (κ1) is 33.9. The van der Waals surface area contributed by atoms with E-state index in [1.807, 2.05) is 81.8 Å². The number of nitrogens with two attached hydrogens (primary N) is 2. The molecule has 10 heteroatoms. The zero-order chi connectivity index (χ0) is 33.5. The van der Waals surface area contributed by atoms with E-state index in [1.165, 1.54) is 7.11 Å². The minimum atomic E-state index is -0.899. The number of carbonyl (C=O) groups is 3. The molecule has 46 heavy (non-hydrogen) atoms. The van der Waals surface area contributed by atoms with Gasteiger partial charge in [-0.2, -0.15) is 0 Å². The highest BCUT2D eigenvalue weighted by atomic mass is 16.5. The molecule has 0 saturated carbocycles. The Morgan fingerprint density at radius 2 is 1.67 bits per heavy atom. The van der Waals surface area contributed by atoms with Crippen LogP contribution in [0.1, 0.15) is 76.3 Å². The van der Waals surface area contributed by atoms with Crippen LogP contribution in [0.4, 0.5) is 0 Å². The van der Waals surface area contributed by atoms with Crippen LogP contribution in [0.25, 0.3) is 11.3 Å². The Balaban J connectivity index is 1.69. The van der Waals surface area contributed by atoms with Crippen molar-refractivity contribution in [2.75, 3.05) is 7.11 Å². The third kappa shape index (κ3) is 7.81. The Labute approximate surface area is 270 Å². The van der Waals surface area contributed by atoms with E-state index in [2.05, 4.69) is 4.98 Å². The van der Waals surface area contributed by atoms with E-state index < -0.39 is 24.1 Å². The molecule has 1 heterocycles. The largest absolute Gasteiger partial charge is 0.496 e. The molecule has 0 aliphatic carbocycles. The van der Waals surface area contributed by atoms with E-state index >= 15 is 0 Å². The number of hydrogen-bond donors (Lipinski definition) is 2. The number of aryl methyl sites for hydroxylation is 2. The summed E-state index contributed by atoms with van der Waals surface area (Å²) < 4.78 is 12.9. The summed E-state index contributed by atoms with van der Waals surface area (Å²) in [7, 11) is 1.50. The van der Waals surface area contributed by atoms with Crippen molar-refractivity contribution in [3.05, 3.63) is 107 Å². The van der Waals surface area contributed by atoms with Crippen molar-refractivity contribution < 1.29 is 23.9 Å². The fourth-order valence-corrected chi connectivity index (χ4v) is 5.37. The summed E-state index contributed by atoms with van der Waals surface area (Å²) >= 11 is 0. The summed E-state index contributed by atoms with van der Waals surface area (Å²) in [5, 5.41) is 0. The van der Waals surface area contributed by atoms with Crippen molar-refractivity contribution >= 4 is 17.8 Å². The Hall–Kier alpha value is -4.96. The number of primary amides is 1. The SMILES string of the molecule is CCC(C)OC(=O)c1cc(CN(C(=O)[C@@H](N)Cc2c(C)cc(C(N)=O)cc2C)[C@@H](C)n2cnc(-c3ccccc3)c2)ccc1OC. The van der Waals surface area contributed by atoms with E-state index in [0.717, 1.165) is 27.9 Å². The highest BCUT2D eigenvalue weighted by Gasteiger charge is 2.29. The number of imidazole rings is 1. The third-order valence-electron chi connectivity index (χ3n) is 8.28. The van der Waals surface area contributed by atoms with Gasteiger partial charge in [0.15, 0.2) is 0 Å². The summed E-state index contributed by atoms with van der Waals surface area (Å²) in [5.74, 6) is -0.921. The van der Waals surface area contributed by atoms with Crippen molar-refractivity contribution in [2.45, 2.75) is 72.3 Å². The number of aromatic nitrogens is 2. The van der Waals surface area contributed by atoms with Crippen molar-refractivity contribution in [3.8, 4) is 17.0 Å². The zero-order valence-electron chi connectivity index (χ0n) is 27.3. The minimum Gasteiger partial charge on any atom is -0.496 e. The monoisotopic (exact) mass is 625 g/mol. The van der Waals surface area contributed by atoms with Gasteiger partial charge in [-0.05, 0) is 87.1 Å². The molecule has 4 rings (SSSR count). The quantitative estimate of drug-likeness (QED) is 0.191. The lowest BCUT2D eigenvalue weighted by atomic mass is 9.93. The van der Waals surface area contributed by atoms with Crippen LogP contribution in [0.15, 0.2) is 73.2 Å². The highest BCUT2D eigenvalue weighted by Crippen LogP contribution is 2.27. The van der Waals surface area contributed by atoms with Crippen LogP contribution < -0.4 is 16.2 Å². The smallest absolute Gasteiger partial charge is 0.342 e. The molecule has 0 aliphatic heterocycles. The fourth-order valence-electron chi connectivity index (χ4n) is 5.37. The number of carbonyl (C=O) groups excluding carboxylic acids is 3. The van der Waals surface area contributed by atoms with Gasteiger partial charge in [0.05, 0.1) is 31.3 Å². The minimum absolute atomic E-state index is 0.152. The van der Waals surface area contributed by atoms with Gasteiger partial charge in [0.1, 0.15) is 17.5 Å². The lowest BCUT2D eigenvalue weighted by Gasteiger charge is -2.32. The molecule has 1 aromatic heterocycles. The molecule has 4 aromatic rings. The second-order valence-electron chi connectivity index (χ2n) is 11.6. The molecule has 10 nitrogen and oxygen atoms in total.